The van der Waals surface area contributed by atoms with Gasteiger partial charge in [0.15, 0.2) is 22.9 Å². The van der Waals surface area contributed by atoms with E-state index in [0.29, 0.717) is 28.0 Å². The molecule has 5 rings (SSSR count). The van der Waals surface area contributed by atoms with E-state index < -0.39 is 11.6 Å². The number of ether oxygens (including phenoxy) is 2. The summed E-state index contributed by atoms with van der Waals surface area (Å²) in [6, 6.07) is 16.5. The van der Waals surface area contributed by atoms with Crippen molar-refractivity contribution >= 4 is 28.9 Å². The topological polar surface area (TPSA) is 95.9 Å². The highest BCUT2D eigenvalue weighted by molar-refractivity contribution is 6.07. The molecular formula is C24H17N3O5. The molecule has 0 amide bonds. The summed E-state index contributed by atoms with van der Waals surface area (Å²) < 4.78 is 17.5. The summed E-state index contributed by atoms with van der Waals surface area (Å²) in [5.41, 5.74) is 1.82. The van der Waals surface area contributed by atoms with E-state index in [2.05, 4.69) is 10.1 Å². The van der Waals surface area contributed by atoms with Gasteiger partial charge in [0, 0.05) is 24.1 Å². The second-order valence-electron chi connectivity index (χ2n) is 7.09. The van der Waals surface area contributed by atoms with Crippen LogP contribution in [0.25, 0.3) is 34.0 Å². The van der Waals surface area contributed by atoms with Gasteiger partial charge in [-0.25, -0.2) is 19.3 Å². The van der Waals surface area contributed by atoms with E-state index in [-0.39, 0.29) is 17.2 Å². The zero-order chi connectivity index (χ0) is 22.2. The predicted molar refractivity (Wildman–Crippen MR) is 119 cm³/mol. The minimum Gasteiger partial charge on any atom is -0.493 e. The second kappa shape index (κ2) is 7.66. The van der Waals surface area contributed by atoms with Gasteiger partial charge >= 0.3 is 11.6 Å². The number of carbonyl (C=O) groups is 1. The van der Waals surface area contributed by atoms with E-state index in [4.69, 9.17) is 13.9 Å². The summed E-state index contributed by atoms with van der Waals surface area (Å²) in [6.07, 6.45) is 3.28. The molecule has 158 valence electrons. The van der Waals surface area contributed by atoms with E-state index in [9.17, 15) is 9.59 Å². The van der Waals surface area contributed by atoms with Gasteiger partial charge in [0.1, 0.15) is 5.69 Å². The van der Waals surface area contributed by atoms with Crippen molar-refractivity contribution in [1.29, 1.82) is 0 Å². The fourth-order valence-corrected chi connectivity index (χ4v) is 3.52. The van der Waals surface area contributed by atoms with Gasteiger partial charge in [-0.1, -0.05) is 30.3 Å². The van der Waals surface area contributed by atoms with Crippen LogP contribution in [0.15, 0.2) is 80.7 Å². The molecule has 0 fully saturated rings. The van der Waals surface area contributed by atoms with Crippen LogP contribution in [0.5, 0.6) is 5.75 Å². The molecule has 2 aromatic carbocycles. The SMILES string of the molecule is COc1cccc2cc(-c3nn(-c4ccccc4)cc3/C=C3\N=C(C)OC3=O)c(=O)oc12. The highest BCUT2D eigenvalue weighted by Gasteiger charge is 2.23. The fourth-order valence-electron chi connectivity index (χ4n) is 3.52. The first-order chi connectivity index (χ1) is 15.5. The summed E-state index contributed by atoms with van der Waals surface area (Å²) >= 11 is 0. The summed E-state index contributed by atoms with van der Waals surface area (Å²) in [7, 11) is 1.51. The van der Waals surface area contributed by atoms with Crippen molar-refractivity contribution in [1.82, 2.24) is 9.78 Å². The first kappa shape index (κ1) is 19.5. The number of aliphatic imine (C=N–C) groups is 1. The number of fused-ring (bicyclic) bond motifs is 1. The Labute approximate surface area is 182 Å². The molecule has 0 radical (unpaired) electrons. The van der Waals surface area contributed by atoms with Crippen molar-refractivity contribution in [3.05, 3.63) is 82.5 Å². The van der Waals surface area contributed by atoms with Gasteiger partial charge in [0.25, 0.3) is 0 Å². The van der Waals surface area contributed by atoms with Gasteiger partial charge in [-0.2, -0.15) is 5.10 Å². The average Bonchev–Trinajstić information content (AvgIpc) is 3.36. The maximum absolute atomic E-state index is 12.9. The highest BCUT2D eigenvalue weighted by Crippen LogP contribution is 2.30. The van der Waals surface area contributed by atoms with E-state index >= 15 is 0 Å². The molecule has 8 nitrogen and oxygen atoms in total. The van der Waals surface area contributed by atoms with Crippen molar-refractivity contribution in [2.45, 2.75) is 6.92 Å². The number of carbonyl (C=O) groups excluding carboxylic acids is 1. The van der Waals surface area contributed by atoms with Crippen LogP contribution in [0.1, 0.15) is 12.5 Å². The maximum Gasteiger partial charge on any atom is 0.363 e. The Bertz CT molecular complexity index is 1480. The number of hydrogen-bond acceptors (Lipinski definition) is 7. The van der Waals surface area contributed by atoms with Crippen molar-refractivity contribution < 1.29 is 18.7 Å². The Morgan fingerprint density at radius 1 is 1.06 bits per heavy atom. The molecule has 0 atom stereocenters. The smallest absolute Gasteiger partial charge is 0.363 e. The van der Waals surface area contributed by atoms with Gasteiger partial charge in [-0.15, -0.1) is 0 Å². The number of methoxy groups -OCH3 is 1. The number of hydrogen-bond donors (Lipinski definition) is 0. The van der Waals surface area contributed by atoms with Crippen LogP contribution < -0.4 is 10.4 Å². The molecule has 0 aliphatic carbocycles. The number of aromatic nitrogens is 2. The molecule has 32 heavy (non-hydrogen) atoms. The minimum atomic E-state index is -0.575. The third-order valence-corrected chi connectivity index (χ3v) is 4.98. The largest absolute Gasteiger partial charge is 0.493 e. The van der Waals surface area contributed by atoms with Crippen LogP contribution in [-0.4, -0.2) is 28.8 Å². The number of benzene rings is 2. The summed E-state index contributed by atoms with van der Waals surface area (Å²) in [6.45, 7) is 1.60. The molecule has 0 bridgehead atoms. The van der Waals surface area contributed by atoms with Crippen LogP contribution in [0, 0.1) is 0 Å². The minimum absolute atomic E-state index is 0.128. The second-order valence-corrected chi connectivity index (χ2v) is 7.09. The fraction of sp³-hybridized carbons (Fsp3) is 0.0833. The Balaban J connectivity index is 1.74. The molecule has 8 heteroatoms. The molecule has 0 unspecified atom stereocenters. The third-order valence-electron chi connectivity index (χ3n) is 4.98. The lowest BCUT2D eigenvalue weighted by Crippen LogP contribution is -2.05. The molecular weight excluding hydrogens is 410 g/mol. The third kappa shape index (κ3) is 3.37. The molecule has 0 N–H and O–H groups in total. The molecule has 0 saturated heterocycles. The van der Waals surface area contributed by atoms with Crippen molar-refractivity contribution in [3.63, 3.8) is 0 Å². The van der Waals surface area contributed by atoms with E-state index in [0.717, 1.165) is 5.69 Å². The van der Waals surface area contributed by atoms with Gasteiger partial charge in [-0.05, 0) is 30.3 Å². The summed E-state index contributed by atoms with van der Waals surface area (Å²) in [5, 5.41) is 5.31. The van der Waals surface area contributed by atoms with Crippen molar-refractivity contribution in [3.8, 4) is 22.7 Å². The number of cyclic esters (lactones) is 1. The first-order valence-electron chi connectivity index (χ1n) is 9.79. The number of rotatable bonds is 4. The summed E-state index contributed by atoms with van der Waals surface area (Å²) in [5.74, 6) is 0.161. The zero-order valence-electron chi connectivity index (χ0n) is 17.2. The molecule has 1 aliphatic rings. The Morgan fingerprint density at radius 3 is 2.59 bits per heavy atom. The molecule has 0 spiro atoms. The first-order valence-corrected chi connectivity index (χ1v) is 9.79. The van der Waals surface area contributed by atoms with Gasteiger partial charge < -0.3 is 13.9 Å². The number of nitrogens with zero attached hydrogens (tertiary/aromatic N) is 3. The number of esters is 1. The Hall–Kier alpha value is -4.46. The van der Waals surface area contributed by atoms with E-state index in [1.54, 1.807) is 36.0 Å². The maximum atomic E-state index is 12.9. The van der Waals surface area contributed by atoms with Crippen LogP contribution in [0.2, 0.25) is 0 Å². The predicted octanol–water partition coefficient (Wildman–Crippen LogP) is 3.97. The summed E-state index contributed by atoms with van der Waals surface area (Å²) in [4.78, 5) is 29.2. The molecule has 1 aliphatic heterocycles. The Kier molecular flexibility index (Phi) is 4.67. The Morgan fingerprint density at radius 2 is 1.88 bits per heavy atom. The van der Waals surface area contributed by atoms with E-state index in [1.165, 1.54) is 7.11 Å². The van der Waals surface area contributed by atoms with Crippen LogP contribution in [0.3, 0.4) is 0 Å². The number of para-hydroxylation sites is 2. The lowest BCUT2D eigenvalue weighted by molar-refractivity contribution is -0.130. The van der Waals surface area contributed by atoms with Crippen LogP contribution >= 0.6 is 0 Å². The molecule has 0 saturated carbocycles. The van der Waals surface area contributed by atoms with Crippen molar-refractivity contribution in [2.75, 3.05) is 7.11 Å². The molecule has 4 aromatic rings. The standard InChI is InChI=1S/C24H17N3O5/c1-14-25-19(24(29)31-14)12-16-13-27(17-8-4-3-5-9-17)26-21(16)18-11-15-7-6-10-20(30-2)22(15)32-23(18)28/h3-13H,1-2H3/b19-12-. The quantitative estimate of drug-likeness (QED) is 0.278. The average molecular weight is 427 g/mol. The monoisotopic (exact) mass is 427 g/mol. The normalized spacial score (nSPS) is 14.6. The van der Waals surface area contributed by atoms with Gasteiger partial charge in [0.2, 0.25) is 0 Å². The van der Waals surface area contributed by atoms with Crippen LogP contribution in [-0.2, 0) is 9.53 Å². The van der Waals surface area contributed by atoms with Crippen LogP contribution in [0.4, 0.5) is 0 Å². The molecule has 3 heterocycles. The van der Waals surface area contributed by atoms with Gasteiger partial charge in [0.05, 0.1) is 18.4 Å². The zero-order valence-corrected chi connectivity index (χ0v) is 17.2. The van der Waals surface area contributed by atoms with E-state index in [1.807, 2.05) is 42.5 Å². The van der Waals surface area contributed by atoms with Crippen molar-refractivity contribution in [2.24, 2.45) is 4.99 Å². The highest BCUT2D eigenvalue weighted by atomic mass is 16.6. The lowest BCUT2D eigenvalue weighted by atomic mass is 10.1. The lowest BCUT2D eigenvalue weighted by Gasteiger charge is -2.05. The van der Waals surface area contributed by atoms with Gasteiger partial charge in [-0.3, -0.25) is 0 Å². The molecule has 2 aromatic heterocycles.